The third kappa shape index (κ3) is 3.51. The number of likely N-dealkylation sites (N-methyl/N-ethyl adjacent to an activating group) is 1. The molecule has 21 heavy (non-hydrogen) atoms. The molecule has 0 aliphatic carbocycles. The van der Waals surface area contributed by atoms with Crippen LogP contribution in [-0.4, -0.2) is 33.4 Å². The van der Waals surface area contributed by atoms with Crippen molar-refractivity contribution in [2.24, 2.45) is 0 Å². The van der Waals surface area contributed by atoms with E-state index in [4.69, 9.17) is 11.6 Å². The monoisotopic (exact) mass is 419 g/mol. The second-order valence-corrected chi connectivity index (χ2v) is 6.77. The zero-order chi connectivity index (χ0) is 15.6. The minimum Gasteiger partial charge on any atom is -0.342 e. The number of nitrogens with zero attached hydrogens (tertiary/aromatic N) is 3. The van der Waals surface area contributed by atoms with Crippen LogP contribution in [0.1, 0.15) is 32.0 Å². The van der Waals surface area contributed by atoms with Gasteiger partial charge >= 0.3 is 0 Å². The molecule has 1 aromatic carbocycles. The van der Waals surface area contributed by atoms with Crippen LogP contribution in [-0.2, 0) is 11.3 Å². The summed E-state index contributed by atoms with van der Waals surface area (Å²) in [6, 6.07) is 6.03. The number of amides is 1. The fourth-order valence-electron chi connectivity index (χ4n) is 2.40. The second-order valence-electron chi connectivity index (χ2n) is 4.87. The van der Waals surface area contributed by atoms with E-state index in [1.54, 1.807) is 0 Å². The first-order valence-electron chi connectivity index (χ1n) is 7.05. The van der Waals surface area contributed by atoms with Gasteiger partial charge in [-0.25, -0.2) is 4.98 Å². The van der Waals surface area contributed by atoms with E-state index in [0.29, 0.717) is 13.1 Å². The molecule has 0 bridgehead atoms. The largest absolute Gasteiger partial charge is 0.342 e. The van der Waals surface area contributed by atoms with E-state index in [0.717, 1.165) is 20.4 Å². The highest BCUT2D eigenvalue weighted by atomic mass is 127. The number of benzene rings is 1. The normalized spacial score (nSPS) is 12.6. The Morgan fingerprint density at radius 3 is 2.67 bits per heavy atom. The van der Waals surface area contributed by atoms with Crippen molar-refractivity contribution in [3.8, 4) is 0 Å². The van der Waals surface area contributed by atoms with Crippen LogP contribution >= 0.6 is 34.2 Å². The lowest BCUT2D eigenvalue weighted by molar-refractivity contribution is -0.131. The molecule has 0 spiro atoms. The minimum absolute atomic E-state index is 0.0939. The van der Waals surface area contributed by atoms with E-state index >= 15 is 0 Å². The van der Waals surface area contributed by atoms with Crippen LogP contribution in [0.2, 0.25) is 0 Å². The van der Waals surface area contributed by atoms with Gasteiger partial charge in [0, 0.05) is 16.7 Å². The summed E-state index contributed by atoms with van der Waals surface area (Å²) in [4.78, 5) is 18.8. The Morgan fingerprint density at radius 1 is 1.43 bits per heavy atom. The molecule has 2 aromatic rings. The fraction of sp³-hybridized carbons (Fsp3) is 0.467. The molecule has 0 aliphatic rings. The number of halogens is 2. The highest BCUT2D eigenvalue weighted by Crippen LogP contribution is 2.25. The van der Waals surface area contributed by atoms with Crippen LogP contribution < -0.4 is 0 Å². The Labute approximate surface area is 143 Å². The van der Waals surface area contributed by atoms with Crippen LogP contribution in [0, 0.1) is 3.57 Å². The molecule has 2 rings (SSSR count). The lowest BCUT2D eigenvalue weighted by Gasteiger charge is -2.20. The molecule has 114 valence electrons. The van der Waals surface area contributed by atoms with E-state index in [2.05, 4.69) is 27.6 Å². The molecule has 6 heteroatoms. The molecular formula is C15H19ClIN3O. The van der Waals surface area contributed by atoms with Gasteiger partial charge in [0.2, 0.25) is 5.91 Å². The van der Waals surface area contributed by atoms with Crippen molar-refractivity contribution >= 4 is 51.1 Å². The van der Waals surface area contributed by atoms with Gasteiger partial charge in [0.1, 0.15) is 12.4 Å². The molecule has 0 radical (unpaired) electrons. The number of hydrogen-bond donors (Lipinski definition) is 0. The predicted octanol–water partition coefficient (Wildman–Crippen LogP) is 3.81. The summed E-state index contributed by atoms with van der Waals surface area (Å²) in [5.74, 6) is 0.839. The van der Waals surface area contributed by atoms with Gasteiger partial charge < -0.3 is 9.47 Å². The summed E-state index contributed by atoms with van der Waals surface area (Å²) in [6.07, 6.45) is 0. The number of carbonyl (C=O) groups excluding carboxylic acids is 1. The fourth-order valence-corrected chi connectivity index (χ4v) is 3.04. The zero-order valence-electron chi connectivity index (χ0n) is 12.4. The lowest BCUT2D eigenvalue weighted by atomic mass is 10.3. The number of rotatable bonds is 5. The average Bonchev–Trinajstić information content (AvgIpc) is 2.78. The molecule has 0 saturated heterocycles. The SMILES string of the molecule is CCN(CC)C(=O)Cn1c(C(C)Cl)nc2cc(I)ccc21. The minimum atomic E-state index is -0.237. The van der Waals surface area contributed by atoms with Crippen molar-refractivity contribution in [1.29, 1.82) is 0 Å². The summed E-state index contributed by atoms with van der Waals surface area (Å²) < 4.78 is 3.05. The average molecular weight is 420 g/mol. The van der Waals surface area contributed by atoms with Gasteiger partial charge in [-0.15, -0.1) is 11.6 Å². The Hall–Kier alpha value is -0.820. The van der Waals surface area contributed by atoms with E-state index < -0.39 is 0 Å². The molecule has 4 nitrogen and oxygen atoms in total. The van der Waals surface area contributed by atoms with E-state index in [1.165, 1.54) is 0 Å². The number of imidazole rings is 1. The molecule has 0 fully saturated rings. The molecule has 1 amide bonds. The van der Waals surface area contributed by atoms with E-state index in [9.17, 15) is 4.79 Å². The van der Waals surface area contributed by atoms with Crippen LogP contribution in [0.3, 0.4) is 0 Å². The van der Waals surface area contributed by atoms with Crippen molar-refractivity contribution in [3.05, 3.63) is 27.6 Å². The molecule has 0 N–H and O–H groups in total. The van der Waals surface area contributed by atoms with Crippen LogP contribution in [0.25, 0.3) is 11.0 Å². The maximum Gasteiger partial charge on any atom is 0.242 e. The molecule has 0 aliphatic heterocycles. The van der Waals surface area contributed by atoms with Gasteiger partial charge in [-0.05, 0) is 61.6 Å². The predicted molar refractivity (Wildman–Crippen MR) is 94.6 cm³/mol. The third-order valence-corrected chi connectivity index (χ3v) is 4.37. The number of hydrogen-bond acceptors (Lipinski definition) is 2. The Balaban J connectivity index is 2.46. The maximum absolute atomic E-state index is 12.4. The molecule has 1 atom stereocenters. The number of carbonyl (C=O) groups is 1. The van der Waals surface area contributed by atoms with Crippen molar-refractivity contribution < 1.29 is 4.79 Å². The van der Waals surface area contributed by atoms with Gasteiger partial charge in [0.05, 0.1) is 16.4 Å². The molecular weight excluding hydrogens is 401 g/mol. The maximum atomic E-state index is 12.4. The Kier molecular flexibility index (Phi) is 5.48. The summed E-state index contributed by atoms with van der Waals surface area (Å²) >= 11 is 8.50. The Morgan fingerprint density at radius 2 is 2.10 bits per heavy atom. The topological polar surface area (TPSA) is 38.1 Å². The third-order valence-electron chi connectivity index (χ3n) is 3.51. The van der Waals surface area contributed by atoms with Crippen molar-refractivity contribution in [2.45, 2.75) is 32.7 Å². The highest BCUT2D eigenvalue weighted by molar-refractivity contribution is 14.1. The second kappa shape index (κ2) is 6.96. The molecule has 1 aromatic heterocycles. The number of fused-ring (bicyclic) bond motifs is 1. The summed E-state index contributed by atoms with van der Waals surface area (Å²) in [6.45, 7) is 7.57. The first kappa shape index (κ1) is 16.5. The van der Waals surface area contributed by atoms with Crippen molar-refractivity contribution in [3.63, 3.8) is 0 Å². The summed E-state index contributed by atoms with van der Waals surface area (Å²) in [5.41, 5.74) is 1.84. The molecule has 1 unspecified atom stereocenters. The van der Waals surface area contributed by atoms with Gasteiger partial charge in [-0.3, -0.25) is 4.79 Å². The first-order valence-corrected chi connectivity index (χ1v) is 8.57. The molecule has 0 saturated carbocycles. The smallest absolute Gasteiger partial charge is 0.242 e. The molecule has 1 heterocycles. The standard InChI is InChI=1S/C15H19ClIN3O/c1-4-19(5-2)14(21)9-20-13-7-6-11(17)8-12(13)18-15(20)10(3)16/h6-8,10H,4-5,9H2,1-3H3. The van der Waals surface area contributed by atoms with Crippen molar-refractivity contribution in [1.82, 2.24) is 14.5 Å². The van der Waals surface area contributed by atoms with Crippen LogP contribution in [0.15, 0.2) is 18.2 Å². The van der Waals surface area contributed by atoms with E-state index in [1.807, 2.05) is 48.4 Å². The van der Waals surface area contributed by atoms with Gasteiger partial charge in [0.15, 0.2) is 0 Å². The summed E-state index contributed by atoms with van der Waals surface area (Å²) in [7, 11) is 0. The quantitative estimate of drug-likeness (QED) is 0.546. The van der Waals surface area contributed by atoms with Gasteiger partial charge in [0.25, 0.3) is 0 Å². The Bertz CT molecular complexity index is 650. The summed E-state index contributed by atoms with van der Waals surface area (Å²) in [5, 5.41) is -0.237. The van der Waals surface area contributed by atoms with Crippen LogP contribution in [0.5, 0.6) is 0 Å². The van der Waals surface area contributed by atoms with Gasteiger partial charge in [-0.2, -0.15) is 0 Å². The first-order chi connectivity index (χ1) is 9.97. The zero-order valence-corrected chi connectivity index (χ0v) is 15.3. The highest BCUT2D eigenvalue weighted by Gasteiger charge is 2.19. The van der Waals surface area contributed by atoms with Crippen LogP contribution in [0.4, 0.5) is 0 Å². The number of aromatic nitrogens is 2. The van der Waals surface area contributed by atoms with Gasteiger partial charge in [-0.1, -0.05) is 0 Å². The van der Waals surface area contributed by atoms with Crippen molar-refractivity contribution in [2.75, 3.05) is 13.1 Å². The van der Waals surface area contributed by atoms with E-state index in [-0.39, 0.29) is 17.8 Å². The lowest BCUT2D eigenvalue weighted by Crippen LogP contribution is -2.33. The number of alkyl halides is 1.